The monoisotopic (exact) mass is 229 g/mol. The van der Waals surface area contributed by atoms with Crippen LogP contribution in [0.25, 0.3) is 0 Å². The van der Waals surface area contributed by atoms with E-state index in [0.29, 0.717) is 11.1 Å². The summed E-state index contributed by atoms with van der Waals surface area (Å²) in [6, 6.07) is 1.68. The first-order valence-electron chi connectivity index (χ1n) is 2.37. The second-order valence-corrected chi connectivity index (χ2v) is 2.63. The third kappa shape index (κ3) is 1.41. The van der Waals surface area contributed by atoms with Crippen molar-refractivity contribution in [3.63, 3.8) is 0 Å². The van der Waals surface area contributed by atoms with Gasteiger partial charge in [-0.1, -0.05) is 0 Å². The Labute approximate surface area is 68.6 Å². The minimum Gasteiger partial charge on any atom is -0.250 e. The molecule has 0 amide bonds. The molecule has 0 fully saturated rings. The summed E-state index contributed by atoms with van der Waals surface area (Å²) in [5.74, 6) is 0. The molecular weight excluding hydrogens is 225 g/mol. The molecule has 0 atom stereocenters. The first kappa shape index (κ1) is 6.99. The molecule has 2 heteroatoms. The highest BCUT2D eigenvalue weighted by atomic mass is 127. The van der Waals surface area contributed by atoms with E-state index in [-0.39, 0.29) is 0 Å². The molecule has 0 bridgehead atoms. The fourth-order valence-electron chi connectivity index (χ4n) is 0.461. The van der Waals surface area contributed by atoms with Gasteiger partial charge in [-0.05, 0) is 46.7 Å². The zero-order valence-corrected chi connectivity index (χ0v) is 6.79. The van der Waals surface area contributed by atoms with Crippen molar-refractivity contribution in [1.29, 1.82) is 0 Å². The van der Waals surface area contributed by atoms with E-state index in [9.17, 15) is 0 Å². The topological polar surface area (TPSA) is 12.9 Å². The first-order chi connectivity index (χ1) is 4.22. The lowest BCUT2D eigenvalue weighted by atomic mass is 10.2. The van der Waals surface area contributed by atoms with Gasteiger partial charge in [-0.25, -0.2) is 0 Å². The maximum Gasteiger partial charge on any atom is 0.105 e. The van der Waals surface area contributed by atoms with Crippen molar-refractivity contribution in [2.45, 2.75) is 0 Å². The van der Waals surface area contributed by atoms with Crippen molar-refractivity contribution in [3.8, 4) is 0 Å². The Morgan fingerprint density at radius 3 is 2.56 bits per heavy atom. The molecule has 0 N–H and O–H groups in total. The van der Waals surface area contributed by atoms with E-state index >= 15 is 0 Å². The summed E-state index contributed by atoms with van der Waals surface area (Å²) in [5.41, 5.74) is 1.16. The highest BCUT2D eigenvalue weighted by molar-refractivity contribution is 14.1. The molecule has 9 heavy (non-hydrogen) atoms. The number of rotatable bonds is 0. The van der Waals surface area contributed by atoms with Crippen LogP contribution in [-0.2, 0) is 0 Å². The Kier molecular flexibility index (Phi) is 2.05. The van der Waals surface area contributed by atoms with Crippen molar-refractivity contribution < 1.29 is 0 Å². The Morgan fingerprint density at radius 2 is 2.11 bits per heavy atom. The smallest absolute Gasteiger partial charge is 0.105 e. The van der Waals surface area contributed by atoms with Gasteiger partial charge < -0.3 is 0 Å². The number of pyridine rings is 1. The number of aromatic nitrogens is 1. The SMILES string of the molecule is [CH]c1ccnc(I)c1[CH]. The molecule has 0 aromatic carbocycles. The molecule has 1 aromatic rings. The average molecular weight is 229 g/mol. The molecule has 1 aromatic heterocycles. The van der Waals surface area contributed by atoms with Gasteiger partial charge in [-0.2, -0.15) is 0 Å². The van der Waals surface area contributed by atoms with Gasteiger partial charge in [0.15, 0.2) is 0 Å². The number of nitrogens with zero attached hydrogens (tertiary/aromatic N) is 1. The van der Waals surface area contributed by atoms with Gasteiger partial charge in [0, 0.05) is 13.1 Å². The van der Waals surface area contributed by atoms with Gasteiger partial charge >= 0.3 is 0 Å². The van der Waals surface area contributed by atoms with Crippen LogP contribution in [0.4, 0.5) is 0 Å². The van der Waals surface area contributed by atoms with Gasteiger partial charge in [0.2, 0.25) is 0 Å². The second kappa shape index (κ2) is 2.64. The van der Waals surface area contributed by atoms with Crippen molar-refractivity contribution in [3.05, 3.63) is 40.9 Å². The summed E-state index contributed by atoms with van der Waals surface area (Å²) in [5, 5.41) is 0. The lowest BCUT2D eigenvalue weighted by Gasteiger charge is -1.97. The van der Waals surface area contributed by atoms with Crippen LogP contribution in [0.1, 0.15) is 11.1 Å². The lowest BCUT2D eigenvalue weighted by molar-refractivity contribution is 1.23. The van der Waals surface area contributed by atoms with Crippen LogP contribution in [0.5, 0.6) is 0 Å². The predicted molar refractivity (Wildman–Crippen MR) is 43.8 cm³/mol. The van der Waals surface area contributed by atoms with Crippen molar-refractivity contribution in [1.82, 2.24) is 4.98 Å². The molecule has 0 saturated carbocycles. The maximum atomic E-state index is 5.49. The minimum absolute atomic E-state index is 0.568. The Bertz CT molecular complexity index is 200. The summed E-state index contributed by atoms with van der Waals surface area (Å²) in [7, 11) is 0. The van der Waals surface area contributed by atoms with Crippen molar-refractivity contribution >= 4 is 22.6 Å². The van der Waals surface area contributed by atoms with Crippen molar-refractivity contribution in [2.24, 2.45) is 0 Å². The zero-order valence-electron chi connectivity index (χ0n) is 4.63. The molecule has 0 saturated heterocycles. The predicted octanol–water partition coefficient (Wildman–Crippen LogP) is 1.80. The molecule has 0 spiro atoms. The fraction of sp³-hybridized carbons (Fsp3) is 0. The normalized spacial score (nSPS) is 9.67. The average Bonchev–Trinajstić information content (AvgIpc) is 1.83. The molecule has 4 radical (unpaired) electrons. The van der Waals surface area contributed by atoms with E-state index < -0.39 is 0 Å². The first-order valence-corrected chi connectivity index (χ1v) is 3.45. The highest BCUT2D eigenvalue weighted by Gasteiger charge is 1.95. The summed E-state index contributed by atoms with van der Waals surface area (Å²) in [4.78, 5) is 3.92. The third-order valence-electron chi connectivity index (χ3n) is 0.975. The molecule has 1 heterocycles. The van der Waals surface area contributed by atoms with E-state index in [0.717, 1.165) is 3.70 Å². The summed E-state index contributed by atoms with van der Waals surface area (Å²) < 4.78 is 0.757. The second-order valence-electron chi connectivity index (χ2n) is 1.60. The van der Waals surface area contributed by atoms with E-state index in [4.69, 9.17) is 13.8 Å². The van der Waals surface area contributed by atoms with Crippen LogP contribution in [-0.4, -0.2) is 4.98 Å². The number of halogens is 1. The minimum atomic E-state index is 0.568. The van der Waals surface area contributed by atoms with E-state index in [1.807, 2.05) is 22.6 Å². The largest absolute Gasteiger partial charge is 0.250 e. The van der Waals surface area contributed by atoms with Crippen LogP contribution in [0, 0.1) is 17.5 Å². The number of hydrogen-bond donors (Lipinski definition) is 0. The molecule has 0 aliphatic carbocycles. The van der Waals surface area contributed by atoms with Gasteiger partial charge in [0.05, 0.1) is 0 Å². The maximum absolute atomic E-state index is 5.49. The van der Waals surface area contributed by atoms with E-state index in [2.05, 4.69) is 4.98 Å². The molecule has 0 unspecified atom stereocenters. The van der Waals surface area contributed by atoms with Crippen LogP contribution in [0.3, 0.4) is 0 Å². The molecule has 44 valence electrons. The Morgan fingerprint density at radius 1 is 1.44 bits per heavy atom. The summed E-state index contributed by atoms with van der Waals surface area (Å²) >= 11 is 2.03. The molecule has 0 aliphatic heterocycles. The standard InChI is InChI=1S/C7H4IN/c1-5-3-4-9-7(8)6(5)2/h1-4H. The summed E-state index contributed by atoms with van der Waals surface area (Å²) in [6.45, 7) is 10.9. The van der Waals surface area contributed by atoms with Crippen LogP contribution in [0.2, 0.25) is 0 Å². The molecule has 0 aliphatic rings. The van der Waals surface area contributed by atoms with Gasteiger partial charge in [-0.3, -0.25) is 4.98 Å². The highest BCUT2D eigenvalue weighted by Crippen LogP contribution is 2.10. The van der Waals surface area contributed by atoms with E-state index in [1.54, 1.807) is 12.3 Å². The number of hydrogen-bond acceptors (Lipinski definition) is 1. The van der Waals surface area contributed by atoms with Crippen LogP contribution in [0.15, 0.2) is 12.3 Å². The molecule has 1 nitrogen and oxygen atoms in total. The van der Waals surface area contributed by atoms with Crippen LogP contribution >= 0.6 is 22.6 Å². The van der Waals surface area contributed by atoms with Crippen LogP contribution < -0.4 is 0 Å². The van der Waals surface area contributed by atoms with E-state index in [1.165, 1.54) is 0 Å². The van der Waals surface area contributed by atoms with Gasteiger partial charge in [0.25, 0.3) is 0 Å². The zero-order chi connectivity index (χ0) is 6.85. The molecule has 1 rings (SSSR count). The fourth-order valence-corrected chi connectivity index (χ4v) is 0.934. The third-order valence-corrected chi connectivity index (χ3v) is 1.83. The summed E-state index contributed by atoms with van der Waals surface area (Å²) in [6.07, 6.45) is 1.63. The quantitative estimate of drug-likeness (QED) is 0.488. The van der Waals surface area contributed by atoms with Gasteiger partial charge in [-0.15, -0.1) is 0 Å². The van der Waals surface area contributed by atoms with Crippen molar-refractivity contribution in [2.75, 3.05) is 0 Å². The Balaban J connectivity index is 3.25. The Hall–Kier alpha value is -0.120. The molecular formula is C7H4IN. The van der Waals surface area contributed by atoms with Gasteiger partial charge in [0.1, 0.15) is 3.70 Å². The lowest BCUT2D eigenvalue weighted by Crippen LogP contribution is -1.87.